The minimum atomic E-state index is 0.622. The van der Waals surface area contributed by atoms with Crippen LogP contribution in [0, 0.1) is 0 Å². The molecule has 0 saturated carbocycles. The molecular formula is C9H9NO2. The van der Waals surface area contributed by atoms with E-state index < -0.39 is 0 Å². The molecular weight excluding hydrogens is 154 g/mol. The van der Waals surface area contributed by atoms with E-state index in [-0.39, 0.29) is 0 Å². The molecule has 2 rings (SSSR count). The lowest BCUT2D eigenvalue weighted by Crippen LogP contribution is -1.93. The van der Waals surface area contributed by atoms with Crippen molar-refractivity contribution in [3.05, 3.63) is 24.6 Å². The van der Waals surface area contributed by atoms with Crippen LogP contribution < -0.4 is 4.74 Å². The standard InChI is InChI=1S/C9H9NO2/c1-2-11-9-7-4-6-12-8(7)3-5-10-9/h3-6H,2H2,1H3. The molecule has 0 amide bonds. The fourth-order valence-electron chi connectivity index (χ4n) is 1.12. The maximum absolute atomic E-state index is 5.31. The molecule has 0 aromatic carbocycles. The summed E-state index contributed by atoms with van der Waals surface area (Å²) in [6.45, 7) is 2.55. The first-order valence-corrected chi connectivity index (χ1v) is 3.87. The van der Waals surface area contributed by atoms with Gasteiger partial charge in [-0.05, 0) is 19.1 Å². The summed E-state index contributed by atoms with van der Waals surface area (Å²) < 4.78 is 10.5. The van der Waals surface area contributed by atoms with Gasteiger partial charge >= 0.3 is 0 Å². The van der Waals surface area contributed by atoms with E-state index in [0.717, 1.165) is 11.0 Å². The second-order valence-electron chi connectivity index (χ2n) is 2.38. The molecule has 0 saturated heterocycles. The fourth-order valence-corrected chi connectivity index (χ4v) is 1.12. The second-order valence-corrected chi connectivity index (χ2v) is 2.38. The number of fused-ring (bicyclic) bond motifs is 1. The van der Waals surface area contributed by atoms with Gasteiger partial charge in [0, 0.05) is 6.20 Å². The van der Waals surface area contributed by atoms with Crippen LogP contribution in [0.25, 0.3) is 11.0 Å². The smallest absolute Gasteiger partial charge is 0.224 e. The van der Waals surface area contributed by atoms with Gasteiger partial charge in [-0.3, -0.25) is 0 Å². The Labute approximate surface area is 70.0 Å². The van der Waals surface area contributed by atoms with Crippen molar-refractivity contribution in [2.75, 3.05) is 6.61 Å². The van der Waals surface area contributed by atoms with E-state index in [1.54, 1.807) is 12.5 Å². The molecule has 0 aliphatic rings. The van der Waals surface area contributed by atoms with Gasteiger partial charge < -0.3 is 9.15 Å². The third-order valence-corrected chi connectivity index (χ3v) is 1.62. The quantitative estimate of drug-likeness (QED) is 0.680. The summed E-state index contributed by atoms with van der Waals surface area (Å²) in [6, 6.07) is 3.67. The number of pyridine rings is 1. The van der Waals surface area contributed by atoms with Crippen LogP contribution in [0.4, 0.5) is 0 Å². The molecule has 2 aromatic heterocycles. The van der Waals surface area contributed by atoms with Gasteiger partial charge in [-0.25, -0.2) is 4.98 Å². The molecule has 0 fully saturated rings. The monoisotopic (exact) mass is 163 g/mol. The molecule has 0 spiro atoms. The Morgan fingerprint density at radius 1 is 1.50 bits per heavy atom. The molecule has 3 nitrogen and oxygen atoms in total. The molecule has 0 radical (unpaired) electrons. The van der Waals surface area contributed by atoms with Crippen molar-refractivity contribution in [1.29, 1.82) is 0 Å². The predicted molar refractivity (Wildman–Crippen MR) is 45.2 cm³/mol. The average Bonchev–Trinajstić information content (AvgIpc) is 2.53. The van der Waals surface area contributed by atoms with E-state index in [0.29, 0.717) is 12.5 Å². The van der Waals surface area contributed by atoms with Crippen molar-refractivity contribution >= 4 is 11.0 Å². The lowest BCUT2D eigenvalue weighted by Gasteiger charge is -2.00. The molecule has 0 unspecified atom stereocenters. The third kappa shape index (κ3) is 1.03. The van der Waals surface area contributed by atoms with E-state index in [1.165, 1.54) is 0 Å². The maximum Gasteiger partial charge on any atom is 0.224 e. The Hall–Kier alpha value is -1.51. The lowest BCUT2D eigenvalue weighted by atomic mass is 10.3. The number of furan rings is 1. The van der Waals surface area contributed by atoms with Crippen LogP contribution in [0.2, 0.25) is 0 Å². The largest absolute Gasteiger partial charge is 0.477 e. The van der Waals surface area contributed by atoms with Crippen LogP contribution in [0.15, 0.2) is 29.0 Å². The van der Waals surface area contributed by atoms with Gasteiger partial charge in [0.15, 0.2) is 0 Å². The first-order chi connectivity index (χ1) is 5.92. The Balaban J connectivity index is 2.57. The topological polar surface area (TPSA) is 35.3 Å². The normalized spacial score (nSPS) is 10.4. The zero-order valence-corrected chi connectivity index (χ0v) is 6.78. The average molecular weight is 163 g/mol. The predicted octanol–water partition coefficient (Wildman–Crippen LogP) is 2.23. The highest BCUT2D eigenvalue weighted by molar-refractivity contribution is 5.81. The van der Waals surface area contributed by atoms with E-state index >= 15 is 0 Å². The number of rotatable bonds is 2. The molecule has 3 heteroatoms. The van der Waals surface area contributed by atoms with E-state index in [4.69, 9.17) is 9.15 Å². The van der Waals surface area contributed by atoms with Crippen LogP contribution >= 0.6 is 0 Å². The summed E-state index contributed by atoms with van der Waals surface area (Å²) in [5.41, 5.74) is 0.813. The highest BCUT2D eigenvalue weighted by Gasteiger charge is 2.03. The molecule has 0 bridgehead atoms. The van der Waals surface area contributed by atoms with Crippen LogP contribution in [0.5, 0.6) is 5.88 Å². The zero-order valence-electron chi connectivity index (χ0n) is 6.78. The van der Waals surface area contributed by atoms with Crippen molar-refractivity contribution in [3.63, 3.8) is 0 Å². The lowest BCUT2D eigenvalue weighted by molar-refractivity contribution is 0.331. The summed E-state index contributed by atoms with van der Waals surface area (Å²) in [5.74, 6) is 0.642. The van der Waals surface area contributed by atoms with Crippen LogP contribution in [-0.4, -0.2) is 11.6 Å². The van der Waals surface area contributed by atoms with Gasteiger partial charge in [-0.2, -0.15) is 0 Å². The highest BCUT2D eigenvalue weighted by atomic mass is 16.5. The minimum Gasteiger partial charge on any atom is -0.477 e. The molecule has 0 aliphatic heterocycles. The first-order valence-electron chi connectivity index (χ1n) is 3.87. The van der Waals surface area contributed by atoms with Crippen LogP contribution in [-0.2, 0) is 0 Å². The molecule has 62 valence electrons. The third-order valence-electron chi connectivity index (χ3n) is 1.62. The Morgan fingerprint density at radius 3 is 3.25 bits per heavy atom. The molecule has 0 aliphatic carbocycles. The van der Waals surface area contributed by atoms with Crippen molar-refractivity contribution in [2.45, 2.75) is 6.92 Å². The van der Waals surface area contributed by atoms with Crippen molar-refractivity contribution in [1.82, 2.24) is 4.98 Å². The minimum absolute atomic E-state index is 0.622. The fraction of sp³-hybridized carbons (Fsp3) is 0.222. The number of aromatic nitrogens is 1. The summed E-state index contributed by atoms with van der Waals surface area (Å²) in [7, 11) is 0. The molecule has 2 heterocycles. The highest BCUT2D eigenvalue weighted by Crippen LogP contribution is 2.23. The molecule has 2 aromatic rings. The van der Waals surface area contributed by atoms with Crippen LogP contribution in [0.3, 0.4) is 0 Å². The van der Waals surface area contributed by atoms with E-state index in [9.17, 15) is 0 Å². The summed E-state index contributed by atoms with van der Waals surface area (Å²) in [6.07, 6.45) is 3.31. The number of nitrogens with zero attached hydrogens (tertiary/aromatic N) is 1. The molecule has 0 atom stereocenters. The second kappa shape index (κ2) is 2.85. The molecule has 0 N–H and O–H groups in total. The Kier molecular flexibility index (Phi) is 1.70. The van der Waals surface area contributed by atoms with E-state index in [2.05, 4.69) is 4.98 Å². The zero-order chi connectivity index (χ0) is 8.39. The number of ether oxygens (including phenoxy) is 1. The summed E-state index contributed by atoms with van der Waals surface area (Å²) in [5, 5.41) is 0.930. The van der Waals surface area contributed by atoms with Gasteiger partial charge in [0.1, 0.15) is 5.58 Å². The maximum atomic E-state index is 5.31. The van der Waals surface area contributed by atoms with E-state index in [1.807, 2.05) is 19.1 Å². The van der Waals surface area contributed by atoms with Gasteiger partial charge in [0.2, 0.25) is 5.88 Å². The van der Waals surface area contributed by atoms with Gasteiger partial charge in [-0.15, -0.1) is 0 Å². The van der Waals surface area contributed by atoms with Gasteiger partial charge in [0.05, 0.1) is 18.3 Å². The Morgan fingerprint density at radius 2 is 2.42 bits per heavy atom. The first kappa shape index (κ1) is 7.16. The summed E-state index contributed by atoms with van der Waals surface area (Å²) >= 11 is 0. The number of hydrogen-bond donors (Lipinski definition) is 0. The Bertz CT molecular complexity index is 381. The van der Waals surface area contributed by atoms with Crippen molar-refractivity contribution in [3.8, 4) is 5.88 Å². The van der Waals surface area contributed by atoms with Gasteiger partial charge in [0.25, 0.3) is 0 Å². The SMILES string of the molecule is CCOc1nccc2occc12. The number of hydrogen-bond acceptors (Lipinski definition) is 3. The van der Waals surface area contributed by atoms with Crippen LogP contribution in [0.1, 0.15) is 6.92 Å². The van der Waals surface area contributed by atoms with Crippen molar-refractivity contribution < 1.29 is 9.15 Å². The van der Waals surface area contributed by atoms with Crippen molar-refractivity contribution in [2.24, 2.45) is 0 Å². The summed E-state index contributed by atoms with van der Waals surface area (Å²) in [4.78, 5) is 4.09. The molecule has 12 heavy (non-hydrogen) atoms. The van der Waals surface area contributed by atoms with Gasteiger partial charge in [-0.1, -0.05) is 0 Å².